The minimum Gasteiger partial charge on any atom is -0.331 e. The van der Waals surface area contributed by atoms with Crippen molar-refractivity contribution < 1.29 is 0 Å². The van der Waals surface area contributed by atoms with E-state index in [1.807, 2.05) is 19.1 Å². The fourth-order valence-corrected chi connectivity index (χ4v) is 2.32. The van der Waals surface area contributed by atoms with Gasteiger partial charge in [-0.2, -0.15) is 5.26 Å². The number of benzene rings is 1. The van der Waals surface area contributed by atoms with E-state index >= 15 is 0 Å². The Morgan fingerprint density at radius 1 is 1.47 bits per heavy atom. The van der Waals surface area contributed by atoms with Crippen molar-refractivity contribution in [3.63, 3.8) is 0 Å². The second kappa shape index (κ2) is 3.59. The first kappa shape index (κ1) is 10.3. The Morgan fingerprint density at radius 2 is 2.24 bits per heavy atom. The first-order chi connectivity index (χ1) is 8.20. The van der Waals surface area contributed by atoms with Crippen molar-refractivity contribution in [2.24, 2.45) is 13.0 Å². The van der Waals surface area contributed by atoms with E-state index < -0.39 is 0 Å². The number of hydrogen-bond acceptors (Lipinski definition) is 2. The molecule has 0 atom stereocenters. The number of aryl methyl sites for hydroxylation is 2. The van der Waals surface area contributed by atoms with E-state index in [1.165, 1.54) is 12.8 Å². The molecule has 0 bridgehead atoms. The van der Waals surface area contributed by atoms with Gasteiger partial charge in [0.25, 0.3) is 0 Å². The summed E-state index contributed by atoms with van der Waals surface area (Å²) in [6.07, 6.45) is 3.75. The summed E-state index contributed by atoms with van der Waals surface area (Å²) in [6, 6.07) is 6.11. The molecule has 0 amide bonds. The van der Waals surface area contributed by atoms with Gasteiger partial charge in [-0.3, -0.25) is 0 Å². The quantitative estimate of drug-likeness (QED) is 0.788. The molecule has 0 radical (unpaired) electrons. The Kier molecular flexibility index (Phi) is 2.19. The van der Waals surface area contributed by atoms with Crippen molar-refractivity contribution in [3.8, 4) is 6.07 Å². The largest absolute Gasteiger partial charge is 0.331 e. The van der Waals surface area contributed by atoms with Crippen LogP contribution in [0.25, 0.3) is 11.0 Å². The normalized spacial score (nSPS) is 15.1. The highest BCUT2D eigenvalue weighted by Gasteiger charge is 2.24. The Labute approximate surface area is 101 Å². The molecule has 3 nitrogen and oxygen atoms in total. The molecular weight excluding hydrogens is 210 g/mol. The number of nitriles is 1. The van der Waals surface area contributed by atoms with Gasteiger partial charge in [-0.1, -0.05) is 0 Å². The minimum absolute atomic E-state index is 0.730. The molecule has 1 aromatic heterocycles. The van der Waals surface area contributed by atoms with Crippen LogP contribution >= 0.6 is 0 Å². The van der Waals surface area contributed by atoms with E-state index in [9.17, 15) is 0 Å². The van der Waals surface area contributed by atoms with Gasteiger partial charge in [0, 0.05) is 13.5 Å². The molecule has 1 aliphatic rings. The summed E-state index contributed by atoms with van der Waals surface area (Å²) in [6.45, 7) is 1.98. The standard InChI is InChI=1S/C14H15N3/c1-9-11(8-15)5-6-12-14(9)16-13(17(12)2)7-10-3-4-10/h5-6,10H,3-4,7H2,1-2H3. The van der Waals surface area contributed by atoms with Crippen LogP contribution in [0.5, 0.6) is 0 Å². The second-order valence-electron chi connectivity index (χ2n) is 4.95. The highest BCUT2D eigenvalue weighted by Crippen LogP contribution is 2.33. The first-order valence-electron chi connectivity index (χ1n) is 6.05. The third kappa shape index (κ3) is 1.61. The van der Waals surface area contributed by atoms with Crippen LogP contribution in [0.2, 0.25) is 0 Å². The molecule has 0 aliphatic heterocycles. The first-order valence-corrected chi connectivity index (χ1v) is 6.05. The van der Waals surface area contributed by atoms with E-state index in [4.69, 9.17) is 10.2 Å². The number of aromatic nitrogens is 2. The molecule has 0 unspecified atom stereocenters. The predicted octanol–water partition coefficient (Wildman–Crippen LogP) is 2.71. The van der Waals surface area contributed by atoms with Crippen LogP contribution < -0.4 is 0 Å². The molecule has 1 aromatic carbocycles. The number of fused-ring (bicyclic) bond motifs is 1. The Balaban J connectivity index is 2.17. The van der Waals surface area contributed by atoms with Crippen molar-refractivity contribution in [1.82, 2.24) is 9.55 Å². The maximum absolute atomic E-state index is 9.02. The number of hydrogen-bond donors (Lipinski definition) is 0. The average Bonchev–Trinajstić information content (AvgIpc) is 3.08. The van der Waals surface area contributed by atoms with Crippen molar-refractivity contribution in [3.05, 3.63) is 29.1 Å². The van der Waals surface area contributed by atoms with Gasteiger partial charge in [0.1, 0.15) is 5.82 Å². The third-order valence-electron chi connectivity index (χ3n) is 3.69. The molecule has 86 valence electrons. The molecule has 0 spiro atoms. The lowest BCUT2D eigenvalue weighted by atomic mass is 10.1. The molecule has 1 fully saturated rings. The lowest BCUT2D eigenvalue weighted by Crippen LogP contribution is -1.98. The molecule has 3 rings (SSSR count). The van der Waals surface area contributed by atoms with Crippen LogP contribution in [0.1, 0.15) is 29.8 Å². The highest BCUT2D eigenvalue weighted by atomic mass is 15.1. The zero-order valence-corrected chi connectivity index (χ0v) is 10.2. The Bertz CT molecular complexity index is 627. The average molecular weight is 225 g/mol. The van der Waals surface area contributed by atoms with Gasteiger partial charge >= 0.3 is 0 Å². The summed E-state index contributed by atoms with van der Waals surface area (Å²) in [5, 5.41) is 9.02. The van der Waals surface area contributed by atoms with Gasteiger partial charge in [0.05, 0.1) is 22.7 Å². The molecule has 17 heavy (non-hydrogen) atoms. The van der Waals surface area contributed by atoms with Crippen LogP contribution in [0.4, 0.5) is 0 Å². The smallest absolute Gasteiger partial charge is 0.109 e. The summed E-state index contributed by atoms with van der Waals surface area (Å²) < 4.78 is 2.17. The van der Waals surface area contributed by atoms with Gasteiger partial charge in [-0.25, -0.2) is 4.98 Å². The molecule has 3 heteroatoms. The maximum atomic E-state index is 9.02. The summed E-state index contributed by atoms with van der Waals surface area (Å²) in [4.78, 5) is 4.71. The minimum atomic E-state index is 0.730. The fraction of sp³-hybridized carbons (Fsp3) is 0.429. The number of imidazole rings is 1. The summed E-state index contributed by atoms with van der Waals surface area (Å²) in [7, 11) is 2.07. The van der Waals surface area contributed by atoms with Crippen molar-refractivity contribution in [1.29, 1.82) is 5.26 Å². The molecular formula is C14H15N3. The van der Waals surface area contributed by atoms with Gasteiger partial charge in [-0.15, -0.1) is 0 Å². The van der Waals surface area contributed by atoms with Crippen molar-refractivity contribution >= 4 is 11.0 Å². The topological polar surface area (TPSA) is 41.6 Å². The monoisotopic (exact) mass is 225 g/mol. The van der Waals surface area contributed by atoms with Gasteiger partial charge in [0.15, 0.2) is 0 Å². The van der Waals surface area contributed by atoms with E-state index in [0.717, 1.165) is 40.3 Å². The van der Waals surface area contributed by atoms with E-state index in [1.54, 1.807) is 0 Å². The van der Waals surface area contributed by atoms with Crippen molar-refractivity contribution in [2.45, 2.75) is 26.2 Å². The van der Waals surface area contributed by atoms with Crippen LogP contribution in [-0.4, -0.2) is 9.55 Å². The zero-order chi connectivity index (χ0) is 12.0. The van der Waals surface area contributed by atoms with Crippen LogP contribution in [-0.2, 0) is 13.5 Å². The molecule has 2 aromatic rings. The highest BCUT2D eigenvalue weighted by molar-refractivity contribution is 5.81. The second-order valence-corrected chi connectivity index (χ2v) is 4.95. The lowest BCUT2D eigenvalue weighted by molar-refractivity contribution is 0.727. The van der Waals surface area contributed by atoms with Crippen LogP contribution in [0.15, 0.2) is 12.1 Å². The SMILES string of the molecule is Cc1c(C#N)ccc2c1nc(CC1CC1)n2C. The van der Waals surface area contributed by atoms with E-state index in [2.05, 4.69) is 17.7 Å². The molecule has 0 N–H and O–H groups in total. The zero-order valence-electron chi connectivity index (χ0n) is 10.2. The Hall–Kier alpha value is -1.82. The maximum Gasteiger partial charge on any atom is 0.109 e. The molecule has 0 saturated heterocycles. The van der Waals surface area contributed by atoms with Crippen LogP contribution in [0, 0.1) is 24.2 Å². The molecule has 1 saturated carbocycles. The fourth-order valence-electron chi connectivity index (χ4n) is 2.32. The number of nitrogens with zero attached hydrogens (tertiary/aromatic N) is 3. The lowest BCUT2D eigenvalue weighted by Gasteiger charge is -2.01. The van der Waals surface area contributed by atoms with E-state index in [-0.39, 0.29) is 0 Å². The van der Waals surface area contributed by atoms with Crippen LogP contribution in [0.3, 0.4) is 0 Å². The molecule has 1 heterocycles. The Morgan fingerprint density at radius 3 is 2.88 bits per heavy atom. The summed E-state index contributed by atoms with van der Waals surface area (Å²) in [5.74, 6) is 1.99. The molecule has 1 aliphatic carbocycles. The van der Waals surface area contributed by atoms with E-state index in [0.29, 0.717) is 0 Å². The number of rotatable bonds is 2. The van der Waals surface area contributed by atoms with Gasteiger partial charge in [-0.05, 0) is 43.4 Å². The van der Waals surface area contributed by atoms with Gasteiger partial charge < -0.3 is 4.57 Å². The van der Waals surface area contributed by atoms with Crippen molar-refractivity contribution in [2.75, 3.05) is 0 Å². The summed E-state index contributed by atoms with van der Waals surface area (Å²) >= 11 is 0. The predicted molar refractivity (Wildman–Crippen MR) is 66.6 cm³/mol. The third-order valence-corrected chi connectivity index (χ3v) is 3.69. The summed E-state index contributed by atoms with van der Waals surface area (Å²) in [5.41, 5.74) is 3.86. The van der Waals surface area contributed by atoms with Gasteiger partial charge in [0.2, 0.25) is 0 Å².